The molecule has 2 saturated heterocycles. The van der Waals surface area contributed by atoms with Gasteiger partial charge in [0.1, 0.15) is 0 Å². The van der Waals surface area contributed by atoms with Gasteiger partial charge in [-0.05, 0) is 40.5 Å². The van der Waals surface area contributed by atoms with E-state index < -0.39 is 16.9 Å². The molecule has 2 aliphatic heterocycles. The fraction of sp³-hybridized carbons (Fsp3) is 1.00. The highest BCUT2D eigenvalue weighted by Crippen LogP contribution is 2.54. The third-order valence-corrected chi connectivity index (χ3v) is 6.08. The second-order valence-corrected chi connectivity index (χ2v) is 7.21. The largest absolute Gasteiger partial charge is 0.344 e. The van der Waals surface area contributed by atoms with E-state index in [1.54, 1.807) is 0 Å². The van der Waals surface area contributed by atoms with Crippen molar-refractivity contribution in [2.45, 2.75) is 96.8 Å². The van der Waals surface area contributed by atoms with Crippen LogP contribution < -0.4 is 0 Å². The number of hydrogen-bond acceptors (Lipinski definition) is 3. The maximum atomic E-state index is 13.0. The third-order valence-electron chi connectivity index (χ3n) is 6.08. The Hall–Kier alpha value is -0.160. The van der Waals surface area contributed by atoms with Gasteiger partial charge in [0.2, 0.25) is 0 Å². The molecule has 0 aromatic heterocycles. The lowest BCUT2D eigenvalue weighted by atomic mass is 9.67. The minimum atomic E-state index is -0.616. The van der Waals surface area contributed by atoms with Crippen LogP contribution in [0.1, 0.15) is 67.7 Å². The summed E-state index contributed by atoms with van der Waals surface area (Å²) in [6, 6.07) is 0. The van der Waals surface area contributed by atoms with Crippen molar-refractivity contribution in [3.05, 3.63) is 0 Å². The van der Waals surface area contributed by atoms with Crippen LogP contribution in [0.5, 0.6) is 0 Å². The van der Waals surface area contributed by atoms with Crippen LogP contribution in [0.25, 0.3) is 0 Å². The maximum Gasteiger partial charge on any atom is 0.175 e. The van der Waals surface area contributed by atoms with Crippen molar-refractivity contribution in [3.8, 4) is 0 Å². The highest BCUT2D eigenvalue weighted by atomic mass is 16.8. The summed E-state index contributed by atoms with van der Waals surface area (Å²) < 4.78 is 12.5. The predicted molar refractivity (Wildman–Crippen MR) is 77.5 cm³/mol. The molecule has 1 radical (unpaired) electrons. The molecule has 5 unspecified atom stereocenters. The standard InChI is InChI=1S/C16H30NO3/c1-8-14(6)10-16(19-11(3)12(4)20-16)13(5)15(7,9-2)17(14)18/h11-13H,8-10H2,1-7H3. The van der Waals surface area contributed by atoms with Gasteiger partial charge in [0.05, 0.1) is 23.3 Å². The monoisotopic (exact) mass is 284 g/mol. The molecular weight excluding hydrogens is 254 g/mol. The van der Waals surface area contributed by atoms with Gasteiger partial charge in [0.15, 0.2) is 5.79 Å². The molecule has 0 aromatic rings. The van der Waals surface area contributed by atoms with E-state index in [1.807, 2.05) is 6.92 Å². The van der Waals surface area contributed by atoms with Crippen molar-refractivity contribution >= 4 is 0 Å². The summed E-state index contributed by atoms with van der Waals surface area (Å²) in [6.45, 7) is 14.5. The van der Waals surface area contributed by atoms with Crippen molar-refractivity contribution < 1.29 is 14.7 Å². The molecule has 0 amide bonds. The van der Waals surface area contributed by atoms with Crippen LogP contribution in [0.15, 0.2) is 0 Å². The third kappa shape index (κ3) is 2.04. The zero-order valence-corrected chi connectivity index (χ0v) is 14.0. The summed E-state index contributed by atoms with van der Waals surface area (Å²) in [5.41, 5.74) is -0.881. The van der Waals surface area contributed by atoms with E-state index >= 15 is 0 Å². The minimum Gasteiger partial charge on any atom is -0.344 e. The Bertz CT molecular complexity index is 365. The van der Waals surface area contributed by atoms with E-state index in [4.69, 9.17) is 9.47 Å². The SMILES string of the molecule is CCC1(C)CC2(OC(C)C(C)O2)C(C)C(C)(CC)N1[O]. The zero-order valence-electron chi connectivity index (χ0n) is 14.0. The molecule has 2 rings (SSSR count). The average molecular weight is 284 g/mol. The lowest BCUT2D eigenvalue weighted by Gasteiger charge is -2.59. The number of hydroxylamine groups is 2. The van der Waals surface area contributed by atoms with Crippen molar-refractivity contribution in [3.63, 3.8) is 0 Å². The van der Waals surface area contributed by atoms with Crippen LogP contribution in [-0.4, -0.2) is 34.1 Å². The number of ether oxygens (including phenoxy) is 2. The van der Waals surface area contributed by atoms with Gasteiger partial charge in [-0.3, -0.25) is 0 Å². The van der Waals surface area contributed by atoms with Gasteiger partial charge in [-0.1, -0.05) is 20.8 Å². The Labute approximate surface area is 123 Å². The molecule has 5 atom stereocenters. The Kier molecular flexibility index (Phi) is 4.00. The molecule has 4 heteroatoms. The highest BCUT2D eigenvalue weighted by molar-refractivity contribution is 5.09. The molecular formula is C16H30NO3. The molecule has 0 saturated carbocycles. The first kappa shape index (κ1) is 16.2. The van der Waals surface area contributed by atoms with Crippen LogP contribution in [0.2, 0.25) is 0 Å². The first-order chi connectivity index (χ1) is 9.15. The smallest absolute Gasteiger partial charge is 0.175 e. The molecule has 1 spiro atoms. The molecule has 2 aliphatic rings. The van der Waals surface area contributed by atoms with Crippen molar-refractivity contribution in [1.29, 1.82) is 0 Å². The average Bonchev–Trinajstić information content (AvgIpc) is 2.70. The van der Waals surface area contributed by atoms with E-state index in [0.29, 0.717) is 6.42 Å². The fourth-order valence-corrected chi connectivity index (χ4v) is 3.88. The number of piperidine rings is 1. The van der Waals surface area contributed by atoms with Crippen LogP contribution in [0.4, 0.5) is 0 Å². The van der Waals surface area contributed by atoms with Crippen LogP contribution in [-0.2, 0) is 14.7 Å². The molecule has 0 aliphatic carbocycles. The summed E-state index contributed by atoms with van der Waals surface area (Å²) in [6.07, 6.45) is 2.40. The predicted octanol–water partition coefficient (Wildman–Crippen LogP) is 3.53. The minimum absolute atomic E-state index is 0.0459. The van der Waals surface area contributed by atoms with Gasteiger partial charge < -0.3 is 9.47 Å². The van der Waals surface area contributed by atoms with E-state index in [9.17, 15) is 5.21 Å². The summed E-state index contributed by atoms with van der Waals surface area (Å²) in [4.78, 5) is 0. The van der Waals surface area contributed by atoms with Gasteiger partial charge >= 0.3 is 0 Å². The van der Waals surface area contributed by atoms with Crippen molar-refractivity contribution in [1.82, 2.24) is 5.06 Å². The Morgan fingerprint density at radius 2 is 1.55 bits per heavy atom. The van der Waals surface area contributed by atoms with Crippen molar-refractivity contribution in [2.75, 3.05) is 0 Å². The zero-order chi connectivity index (χ0) is 15.3. The summed E-state index contributed by atoms with van der Waals surface area (Å²) in [5, 5.41) is 14.3. The first-order valence-electron chi connectivity index (χ1n) is 7.98. The number of hydrogen-bond donors (Lipinski definition) is 0. The summed E-state index contributed by atoms with van der Waals surface area (Å²) in [5.74, 6) is -0.570. The Balaban J connectivity index is 2.45. The molecule has 4 nitrogen and oxygen atoms in total. The van der Waals surface area contributed by atoms with Gasteiger partial charge in [-0.15, -0.1) is 10.3 Å². The normalized spacial score (nSPS) is 53.7. The van der Waals surface area contributed by atoms with E-state index in [0.717, 1.165) is 12.8 Å². The molecule has 0 bridgehead atoms. The highest BCUT2D eigenvalue weighted by Gasteiger charge is 2.64. The molecule has 117 valence electrons. The second kappa shape index (κ2) is 4.94. The second-order valence-electron chi connectivity index (χ2n) is 7.21. The maximum absolute atomic E-state index is 13.0. The molecule has 0 N–H and O–H groups in total. The first-order valence-corrected chi connectivity index (χ1v) is 7.98. The molecule has 0 aromatic carbocycles. The lowest BCUT2D eigenvalue weighted by molar-refractivity contribution is -0.375. The van der Waals surface area contributed by atoms with Gasteiger partial charge in [-0.2, -0.15) is 0 Å². The molecule has 2 heterocycles. The topological polar surface area (TPSA) is 41.6 Å². The number of rotatable bonds is 2. The van der Waals surface area contributed by atoms with Gasteiger partial charge in [0, 0.05) is 12.3 Å². The van der Waals surface area contributed by atoms with Gasteiger partial charge in [-0.25, -0.2) is 0 Å². The lowest BCUT2D eigenvalue weighted by Crippen LogP contribution is -2.70. The van der Waals surface area contributed by atoms with E-state index in [2.05, 4.69) is 41.5 Å². The summed E-state index contributed by atoms with van der Waals surface area (Å²) >= 11 is 0. The quantitative estimate of drug-likeness (QED) is 0.779. The Morgan fingerprint density at radius 3 is 1.95 bits per heavy atom. The molecule has 2 fully saturated rings. The van der Waals surface area contributed by atoms with Crippen LogP contribution in [0, 0.1) is 5.92 Å². The van der Waals surface area contributed by atoms with E-state index in [1.165, 1.54) is 5.06 Å². The number of nitrogens with zero attached hydrogens (tertiary/aromatic N) is 1. The van der Waals surface area contributed by atoms with Crippen LogP contribution >= 0.6 is 0 Å². The van der Waals surface area contributed by atoms with E-state index in [-0.39, 0.29) is 18.1 Å². The van der Waals surface area contributed by atoms with Crippen molar-refractivity contribution in [2.24, 2.45) is 5.92 Å². The molecule has 20 heavy (non-hydrogen) atoms. The van der Waals surface area contributed by atoms with Gasteiger partial charge in [0.25, 0.3) is 0 Å². The summed E-state index contributed by atoms with van der Waals surface area (Å²) in [7, 11) is 0. The fourth-order valence-electron chi connectivity index (χ4n) is 3.88. The Morgan fingerprint density at radius 1 is 1.05 bits per heavy atom. The van der Waals surface area contributed by atoms with Crippen LogP contribution in [0.3, 0.4) is 0 Å².